The van der Waals surface area contributed by atoms with Crippen molar-refractivity contribution in [2.45, 2.75) is 39.9 Å². The summed E-state index contributed by atoms with van der Waals surface area (Å²) in [6, 6.07) is 0. The Morgan fingerprint density at radius 1 is 0.900 bits per heavy atom. The molecule has 0 rings (SSSR count). The van der Waals surface area contributed by atoms with E-state index in [0.717, 1.165) is 0 Å². The van der Waals surface area contributed by atoms with Crippen LogP contribution in [0.4, 0.5) is 0 Å². The molecule has 0 atom stereocenters. The normalized spacial score (nSPS) is 10.2. The Balaban J connectivity index is 0. The van der Waals surface area contributed by atoms with Gasteiger partial charge in [0.1, 0.15) is 15.9 Å². The molecule has 0 aliphatic carbocycles. The number of rotatable bonds is 4. The first kappa shape index (κ1) is 13.6. The van der Waals surface area contributed by atoms with Crippen LogP contribution in [0.1, 0.15) is 27.7 Å². The van der Waals surface area contributed by atoms with Crippen molar-refractivity contribution in [1.82, 2.24) is 0 Å². The van der Waals surface area contributed by atoms with Gasteiger partial charge in [-0.15, -0.1) is 0 Å². The van der Waals surface area contributed by atoms with Gasteiger partial charge in [-0.25, -0.2) is 0 Å². The van der Waals surface area contributed by atoms with Gasteiger partial charge in [0.15, 0.2) is 0 Å². The van der Waals surface area contributed by atoms with Crippen LogP contribution in [-0.4, -0.2) is 28.1 Å². The van der Waals surface area contributed by atoms with E-state index in [1.807, 2.05) is 27.7 Å². The molecule has 0 aromatic heterocycles. The molecule has 0 heterocycles. The second kappa shape index (κ2) is 8.15. The maximum atomic E-state index is 5.21. The predicted molar refractivity (Wildman–Crippen MR) is 38.2 cm³/mol. The Hall–Kier alpha value is 1.05. The van der Waals surface area contributed by atoms with E-state index in [9.17, 15) is 0 Å². The standard InChI is InChI=1S/2C3H7O.Al.Li/c2*1-3(2)4;;/h2*3H,1-2H3;;/q2*-1;2*+1. The Morgan fingerprint density at radius 2 is 1.20 bits per heavy atom. The molecule has 54 valence electrons. The third kappa shape index (κ3) is 11.8. The van der Waals surface area contributed by atoms with Crippen LogP contribution in [0.3, 0.4) is 0 Å². The van der Waals surface area contributed by atoms with E-state index in [-0.39, 0.29) is 34.7 Å². The molecule has 0 unspecified atom stereocenters. The minimum absolute atomic E-state index is 0. The largest absolute Gasteiger partial charge is 1.00 e. The molecule has 0 saturated carbocycles. The molecule has 0 bridgehead atoms. The smallest absolute Gasteiger partial charge is 0.677 e. The fourth-order valence-electron chi connectivity index (χ4n) is 0.254. The van der Waals surface area contributed by atoms with Crippen molar-refractivity contribution < 1.29 is 26.4 Å². The molecule has 10 heavy (non-hydrogen) atoms. The molecular formula is C6H14AlLiO2. The van der Waals surface area contributed by atoms with Crippen LogP contribution < -0.4 is 18.9 Å². The Labute approximate surface area is 82.2 Å². The summed E-state index contributed by atoms with van der Waals surface area (Å²) in [5, 5.41) is 0. The van der Waals surface area contributed by atoms with E-state index in [1.165, 1.54) is 0 Å². The molecule has 0 aromatic carbocycles. The number of hydrogen-bond acceptors (Lipinski definition) is 2. The van der Waals surface area contributed by atoms with E-state index in [4.69, 9.17) is 7.58 Å². The van der Waals surface area contributed by atoms with Crippen LogP contribution in [0.2, 0.25) is 0 Å². The molecule has 0 spiro atoms. The molecular weight excluding hydrogens is 138 g/mol. The number of hydrogen-bond donors (Lipinski definition) is 0. The molecule has 0 amide bonds. The maximum Gasteiger partial charge on any atom is 1.00 e. The van der Waals surface area contributed by atoms with Gasteiger partial charge in [0, 0.05) is 0 Å². The summed E-state index contributed by atoms with van der Waals surface area (Å²) in [6.07, 6.45) is 0.609. The topological polar surface area (TPSA) is 18.5 Å². The predicted octanol–water partition coefficient (Wildman–Crippen LogP) is -1.63. The zero-order valence-corrected chi connectivity index (χ0v) is 8.70. The summed E-state index contributed by atoms with van der Waals surface area (Å²) >= 11 is -0.245. The SMILES string of the molecule is CC(C)[O][Al-][O]C(C)C.[Li+]. The van der Waals surface area contributed by atoms with Gasteiger partial charge in [0.05, 0.1) is 0 Å². The second-order valence-electron chi connectivity index (χ2n) is 2.47. The summed E-state index contributed by atoms with van der Waals surface area (Å²) in [5.74, 6) is 0. The van der Waals surface area contributed by atoms with Crippen LogP contribution in [0.5, 0.6) is 0 Å². The summed E-state index contributed by atoms with van der Waals surface area (Å²) < 4.78 is 10.4. The van der Waals surface area contributed by atoms with Gasteiger partial charge in [-0.1, -0.05) is 0 Å². The van der Waals surface area contributed by atoms with Gasteiger partial charge in [0.25, 0.3) is 0 Å². The van der Waals surface area contributed by atoms with Crippen LogP contribution in [0.25, 0.3) is 0 Å². The zero-order chi connectivity index (χ0) is 7.28. The van der Waals surface area contributed by atoms with Crippen LogP contribution in [-0.2, 0) is 7.58 Å². The quantitative estimate of drug-likeness (QED) is 0.450. The molecule has 0 aliphatic heterocycles. The van der Waals surface area contributed by atoms with Crippen molar-refractivity contribution in [3.8, 4) is 0 Å². The fourth-order valence-corrected chi connectivity index (χ4v) is 0.763. The van der Waals surface area contributed by atoms with Gasteiger partial charge >= 0.3 is 18.9 Å². The van der Waals surface area contributed by atoms with Crippen molar-refractivity contribution in [2.75, 3.05) is 0 Å². The Kier molecular flexibility index (Phi) is 11.1. The first-order valence-electron chi connectivity index (χ1n) is 3.25. The van der Waals surface area contributed by atoms with Crippen molar-refractivity contribution in [1.29, 1.82) is 0 Å². The monoisotopic (exact) mass is 152 g/mol. The molecule has 0 saturated heterocycles. The van der Waals surface area contributed by atoms with Crippen molar-refractivity contribution in [3.05, 3.63) is 0 Å². The van der Waals surface area contributed by atoms with E-state index >= 15 is 0 Å². The van der Waals surface area contributed by atoms with Crippen LogP contribution in [0.15, 0.2) is 0 Å². The third-order valence-corrected chi connectivity index (χ3v) is 1.97. The summed E-state index contributed by atoms with van der Waals surface area (Å²) in [7, 11) is 0. The van der Waals surface area contributed by atoms with Gasteiger partial charge in [-0.3, -0.25) is 0 Å². The summed E-state index contributed by atoms with van der Waals surface area (Å²) in [5.41, 5.74) is 0. The average molecular weight is 152 g/mol. The van der Waals surface area contributed by atoms with Crippen molar-refractivity contribution >= 4 is 15.9 Å². The van der Waals surface area contributed by atoms with Gasteiger partial charge in [0.2, 0.25) is 0 Å². The van der Waals surface area contributed by atoms with E-state index < -0.39 is 0 Å². The molecule has 2 radical (unpaired) electrons. The minimum Gasteiger partial charge on any atom is -0.677 e. The Morgan fingerprint density at radius 3 is 1.40 bits per heavy atom. The average Bonchev–Trinajstić information content (AvgIpc) is 1.63. The minimum atomic E-state index is -0.245. The van der Waals surface area contributed by atoms with Gasteiger partial charge < -0.3 is 7.58 Å². The van der Waals surface area contributed by atoms with Gasteiger partial charge in [-0.2, -0.15) is 0 Å². The maximum absolute atomic E-state index is 5.21. The zero-order valence-electron chi connectivity index (χ0n) is 7.55. The van der Waals surface area contributed by atoms with E-state index in [2.05, 4.69) is 0 Å². The second-order valence-corrected chi connectivity index (χ2v) is 3.20. The van der Waals surface area contributed by atoms with Crippen molar-refractivity contribution in [3.63, 3.8) is 0 Å². The van der Waals surface area contributed by atoms with E-state index in [1.54, 1.807) is 0 Å². The summed E-state index contributed by atoms with van der Waals surface area (Å²) in [6.45, 7) is 8.04. The first-order valence-corrected chi connectivity index (χ1v) is 4.20. The molecule has 0 aliphatic rings. The summed E-state index contributed by atoms with van der Waals surface area (Å²) in [4.78, 5) is 0. The van der Waals surface area contributed by atoms with Crippen LogP contribution >= 0.6 is 0 Å². The van der Waals surface area contributed by atoms with Crippen molar-refractivity contribution in [2.24, 2.45) is 0 Å². The van der Waals surface area contributed by atoms with Gasteiger partial charge in [-0.05, 0) is 39.9 Å². The van der Waals surface area contributed by atoms with Crippen LogP contribution in [0, 0.1) is 0 Å². The Bertz CT molecular complexity index is 60.8. The molecule has 0 aromatic rings. The molecule has 0 fully saturated rings. The third-order valence-electron chi connectivity index (χ3n) is 0.655. The fraction of sp³-hybridized carbons (Fsp3) is 1.00. The van der Waals surface area contributed by atoms with E-state index in [0.29, 0.717) is 12.2 Å². The molecule has 2 nitrogen and oxygen atoms in total. The first-order chi connectivity index (χ1) is 4.13. The molecule has 0 N–H and O–H groups in total. The molecule has 4 heteroatoms.